The zero-order valence-electron chi connectivity index (χ0n) is 18.7. The van der Waals surface area contributed by atoms with Crippen LogP contribution in [0.25, 0.3) is 22.8 Å². The van der Waals surface area contributed by atoms with Crippen molar-refractivity contribution in [1.82, 2.24) is 9.88 Å². The van der Waals surface area contributed by atoms with Gasteiger partial charge in [0.05, 0.1) is 11.8 Å². The Hall–Kier alpha value is -3.64. The molecule has 0 saturated carbocycles. The van der Waals surface area contributed by atoms with Crippen molar-refractivity contribution >= 4 is 23.2 Å². The lowest BCUT2D eigenvalue weighted by atomic mass is 10.1. The predicted molar refractivity (Wildman–Crippen MR) is 132 cm³/mol. The first-order valence-corrected chi connectivity index (χ1v) is 11.5. The fourth-order valence-electron chi connectivity index (χ4n) is 4.25. The molecule has 0 radical (unpaired) electrons. The van der Waals surface area contributed by atoms with E-state index in [0.29, 0.717) is 40.9 Å². The lowest BCUT2D eigenvalue weighted by Gasteiger charge is -2.37. The number of hydrogen-bond donors (Lipinski definition) is 0. The van der Waals surface area contributed by atoms with E-state index >= 15 is 0 Å². The lowest BCUT2D eigenvalue weighted by Crippen LogP contribution is -2.49. The highest BCUT2D eigenvalue weighted by atomic mass is 35.5. The quantitative estimate of drug-likeness (QED) is 0.359. The fraction of sp³-hybridized carbons (Fsp3) is 0.185. The van der Waals surface area contributed by atoms with Crippen LogP contribution >= 0.6 is 11.6 Å². The molecule has 7 heteroatoms. The molecule has 34 heavy (non-hydrogen) atoms. The number of oxazole rings is 1. The summed E-state index contributed by atoms with van der Waals surface area (Å²) >= 11 is 6.20. The number of rotatable bonds is 4. The minimum Gasteiger partial charge on any atom is -0.436 e. The number of halogens is 2. The van der Waals surface area contributed by atoms with Crippen LogP contribution in [-0.4, -0.2) is 42.0 Å². The molecule has 1 saturated heterocycles. The average molecular weight is 476 g/mol. The largest absolute Gasteiger partial charge is 0.436 e. The summed E-state index contributed by atoms with van der Waals surface area (Å²) in [5.74, 6) is 0.504. The Morgan fingerprint density at radius 1 is 1.00 bits per heavy atom. The third kappa shape index (κ3) is 4.41. The van der Waals surface area contributed by atoms with Crippen molar-refractivity contribution < 1.29 is 13.6 Å². The van der Waals surface area contributed by atoms with Crippen molar-refractivity contribution in [3.63, 3.8) is 0 Å². The van der Waals surface area contributed by atoms with Gasteiger partial charge in [-0.25, -0.2) is 9.37 Å². The SMILES string of the molecule is Cc1ccc(Cl)cc1N1CCN(C(=O)c2ccccc2-c2ncc(-c3ccc(F)cc3)o2)CC1. The van der Waals surface area contributed by atoms with E-state index in [1.807, 2.05) is 41.3 Å². The maximum Gasteiger partial charge on any atom is 0.254 e. The molecule has 0 atom stereocenters. The second-order valence-corrected chi connectivity index (χ2v) is 8.73. The fourth-order valence-corrected chi connectivity index (χ4v) is 4.41. The molecule has 0 bridgehead atoms. The van der Waals surface area contributed by atoms with E-state index in [1.165, 1.54) is 12.1 Å². The topological polar surface area (TPSA) is 49.6 Å². The van der Waals surface area contributed by atoms with Crippen LogP contribution in [0.4, 0.5) is 10.1 Å². The number of aryl methyl sites for hydroxylation is 1. The van der Waals surface area contributed by atoms with E-state index in [1.54, 1.807) is 24.4 Å². The Labute approximate surface area is 202 Å². The highest BCUT2D eigenvalue weighted by Gasteiger charge is 2.26. The predicted octanol–water partition coefficient (Wildman–Crippen LogP) is 6.07. The van der Waals surface area contributed by atoms with Crippen molar-refractivity contribution in [2.75, 3.05) is 31.1 Å². The summed E-state index contributed by atoms with van der Waals surface area (Å²) in [7, 11) is 0. The zero-order valence-corrected chi connectivity index (χ0v) is 19.4. The van der Waals surface area contributed by atoms with Crippen molar-refractivity contribution in [3.05, 3.63) is 94.9 Å². The number of anilines is 1. The molecule has 1 aliphatic heterocycles. The van der Waals surface area contributed by atoms with E-state index in [0.717, 1.165) is 29.9 Å². The summed E-state index contributed by atoms with van der Waals surface area (Å²) in [5, 5.41) is 0.707. The van der Waals surface area contributed by atoms with Crippen LogP contribution in [0, 0.1) is 12.7 Å². The molecule has 1 aliphatic rings. The maximum absolute atomic E-state index is 13.4. The van der Waals surface area contributed by atoms with Crippen LogP contribution in [-0.2, 0) is 0 Å². The van der Waals surface area contributed by atoms with Crippen molar-refractivity contribution in [3.8, 4) is 22.8 Å². The van der Waals surface area contributed by atoms with Crippen LogP contribution in [0.2, 0.25) is 5.02 Å². The highest BCUT2D eigenvalue weighted by Crippen LogP contribution is 2.30. The first kappa shape index (κ1) is 22.2. The first-order chi connectivity index (χ1) is 16.5. The molecule has 0 N–H and O–H groups in total. The van der Waals surface area contributed by atoms with Crippen LogP contribution in [0.1, 0.15) is 15.9 Å². The molecule has 2 heterocycles. The summed E-state index contributed by atoms with van der Waals surface area (Å²) in [6.07, 6.45) is 1.59. The van der Waals surface area contributed by atoms with Crippen molar-refractivity contribution in [1.29, 1.82) is 0 Å². The summed E-state index contributed by atoms with van der Waals surface area (Å²) in [6, 6.07) is 19.2. The molecule has 0 unspecified atom stereocenters. The summed E-state index contributed by atoms with van der Waals surface area (Å²) in [6.45, 7) is 4.72. The smallest absolute Gasteiger partial charge is 0.254 e. The van der Waals surface area contributed by atoms with Gasteiger partial charge in [-0.1, -0.05) is 29.8 Å². The Morgan fingerprint density at radius 2 is 1.74 bits per heavy atom. The van der Waals surface area contributed by atoms with Gasteiger partial charge < -0.3 is 14.2 Å². The second kappa shape index (κ2) is 9.31. The molecule has 1 amide bonds. The molecular weight excluding hydrogens is 453 g/mol. The van der Waals surface area contributed by atoms with Gasteiger partial charge >= 0.3 is 0 Å². The van der Waals surface area contributed by atoms with E-state index < -0.39 is 0 Å². The van der Waals surface area contributed by atoms with Crippen LogP contribution in [0.15, 0.2) is 77.3 Å². The number of benzene rings is 3. The van der Waals surface area contributed by atoms with Gasteiger partial charge in [0.15, 0.2) is 5.76 Å². The standard InChI is InChI=1S/C27H23ClFN3O2/c1-18-6-9-20(28)16-24(18)31-12-14-32(15-13-31)27(33)23-5-3-2-4-22(23)26-30-17-25(34-26)19-7-10-21(29)11-8-19/h2-11,16-17H,12-15H2,1H3. The Bertz CT molecular complexity index is 1330. The maximum atomic E-state index is 13.4. The van der Waals surface area contributed by atoms with Gasteiger partial charge in [0.2, 0.25) is 5.89 Å². The van der Waals surface area contributed by atoms with E-state index in [9.17, 15) is 9.18 Å². The summed E-state index contributed by atoms with van der Waals surface area (Å²) in [5.41, 5.74) is 4.16. The van der Waals surface area contributed by atoms with Gasteiger partial charge in [-0.05, 0) is 61.0 Å². The number of hydrogen-bond acceptors (Lipinski definition) is 4. The van der Waals surface area contributed by atoms with Gasteiger partial charge in [0, 0.05) is 48.0 Å². The molecule has 1 aromatic heterocycles. The molecular formula is C27H23ClFN3O2. The number of piperazine rings is 1. The molecule has 1 fully saturated rings. The third-order valence-electron chi connectivity index (χ3n) is 6.10. The highest BCUT2D eigenvalue weighted by molar-refractivity contribution is 6.30. The molecule has 3 aromatic carbocycles. The first-order valence-electron chi connectivity index (χ1n) is 11.1. The van der Waals surface area contributed by atoms with Crippen molar-refractivity contribution in [2.45, 2.75) is 6.92 Å². The molecule has 4 aromatic rings. The van der Waals surface area contributed by atoms with Gasteiger partial charge in [0.1, 0.15) is 5.82 Å². The number of carbonyl (C=O) groups excluding carboxylic acids is 1. The Morgan fingerprint density at radius 3 is 2.50 bits per heavy atom. The molecule has 5 rings (SSSR count). The molecule has 5 nitrogen and oxygen atoms in total. The second-order valence-electron chi connectivity index (χ2n) is 8.29. The van der Waals surface area contributed by atoms with E-state index in [4.69, 9.17) is 16.0 Å². The van der Waals surface area contributed by atoms with Crippen LogP contribution in [0.3, 0.4) is 0 Å². The normalized spacial score (nSPS) is 13.9. The zero-order chi connectivity index (χ0) is 23.7. The lowest BCUT2D eigenvalue weighted by molar-refractivity contribution is 0.0747. The summed E-state index contributed by atoms with van der Waals surface area (Å²) < 4.78 is 19.2. The number of nitrogens with zero attached hydrogens (tertiary/aromatic N) is 3. The average Bonchev–Trinajstić information content (AvgIpc) is 3.36. The van der Waals surface area contributed by atoms with Crippen LogP contribution < -0.4 is 4.90 Å². The van der Waals surface area contributed by atoms with E-state index in [2.05, 4.69) is 16.8 Å². The number of amides is 1. The molecule has 0 spiro atoms. The monoisotopic (exact) mass is 475 g/mol. The van der Waals surface area contributed by atoms with Crippen molar-refractivity contribution in [2.24, 2.45) is 0 Å². The minimum absolute atomic E-state index is 0.0559. The Kier molecular flexibility index (Phi) is 6.07. The number of carbonyl (C=O) groups is 1. The summed E-state index contributed by atoms with van der Waals surface area (Å²) in [4.78, 5) is 22.0. The molecule has 0 aliphatic carbocycles. The van der Waals surface area contributed by atoms with Crippen LogP contribution in [0.5, 0.6) is 0 Å². The van der Waals surface area contributed by atoms with Gasteiger partial charge in [-0.3, -0.25) is 4.79 Å². The number of aromatic nitrogens is 1. The van der Waals surface area contributed by atoms with E-state index in [-0.39, 0.29) is 11.7 Å². The Balaban J connectivity index is 1.34. The molecule has 172 valence electrons. The minimum atomic E-state index is -0.315. The van der Waals surface area contributed by atoms with Gasteiger partial charge in [-0.2, -0.15) is 0 Å². The third-order valence-corrected chi connectivity index (χ3v) is 6.34. The van der Waals surface area contributed by atoms with Gasteiger partial charge in [-0.15, -0.1) is 0 Å². The van der Waals surface area contributed by atoms with Gasteiger partial charge in [0.25, 0.3) is 5.91 Å².